The highest BCUT2D eigenvalue weighted by molar-refractivity contribution is 6.03. The molecule has 0 aliphatic heterocycles. The number of carbonyl (C=O) groups is 2. The quantitative estimate of drug-likeness (QED) is 0.551. The smallest absolute Gasteiger partial charge is 0.235 e. The van der Waals surface area contributed by atoms with Crippen molar-refractivity contribution < 1.29 is 14.1 Å². The van der Waals surface area contributed by atoms with Crippen molar-refractivity contribution in [2.75, 3.05) is 32.5 Å². The standard InChI is InChI=1S/C12H20N4O3/c1-9-7-10(15-19-9)14-12(18)8-11(17)13-5-4-6-16(2)3/h7H,4-6,8H2,1-3H3,(H,13,17)(H,14,15,18). The Hall–Kier alpha value is -1.89. The summed E-state index contributed by atoms with van der Waals surface area (Å²) in [6.07, 6.45) is 0.636. The van der Waals surface area contributed by atoms with Gasteiger partial charge in [-0.2, -0.15) is 0 Å². The maximum Gasteiger partial charge on any atom is 0.235 e. The van der Waals surface area contributed by atoms with Crippen LogP contribution in [0.1, 0.15) is 18.6 Å². The highest BCUT2D eigenvalue weighted by Crippen LogP contribution is 2.06. The molecule has 7 heteroatoms. The average Bonchev–Trinajstić information content (AvgIpc) is 2.69. The molecule has 0 aliphatic carbocycles. The maximum atomic E-state index is 11.5. The summed E-state index contributed by atoms with van der Waals surface area (Å²) in [5.74, 6) is 0.223. The minimum atomic E-state index is -0.404. The van der Waals surface area contributed by atoms with Gasteiger partial charge in [0, 0.05) is 12.6 Å². The van der Waals surface area contributed by atoms with E-state index >= 15 is 0 Å². The maximum absolute atomic E-state index is 11.5. The first-order valence-electron chi connectivity index (χ1n) is 6.12. The van der Waals surface area contributed by atoms with E-state index in [2.05, 4.69) is 15.8 Å². The molecule has 1 aromatic heterocycles. The van der Waals surface area contributed by atoms with Gasteiger partial charge < -0.3 is 20.1 Å². The van der Waals surface area contributed by atoms with Gasteiger partial charge in [0.15, 0.2) is 5.82 Å². The van der Waals surface area contributed by atoms with E-state index in [1.54, 1.807) is 13.0 Å². The molecule has 0 saturated heterocycles. The van der Waals surface area contributed by atoms with Crippen molar-refractivity contribution in [1.82, 2.24) is 15.4 Å². The molecular formula is C12H20N4O3. The highest BCUT2D eigenvalue weighted by Gasteiger charge is 2.11. The highest BCUT2D eigenvalue weighted by atomic mass is 16.5. The first kappa shape index (κ1) is 15.2. The van der Waals surface area contributed by atoms with Crippen molar-refractivity contribution in [3.63, 3.8) is 0 Å². The molecule has 2 N–H and O–H groups in total. The summed E-state index contributed by atoms with van der Waals surface area (Å²) >= 11 is 0. The molecule has 19 heavy (non-hydrogen) atoms. The van der Waals surface area contributed by atoms with E-state index in [1.807, 2.05) is 19.0 Å². The molecule has 0 fully saturated rings. The molecule has 0 atom stereocenters. The second-order valence-electron chi connectivity index (χ2n) is 4.55. The Balaban J connectivity index is 2.19. The minimum absolute atomic E-state index is 0.214. The van der Waals surface area contributed by atoms with Crippen LogP contribution in [0.25, 0.3) is 0 Å². The van der Waals surface area contributed by atoms with Gasteiger partial charge in [-0.05, 0) is 34.0 Å². The number of aromatic nitrogens is 1. The third kappa shape index (κ3) is 6.56. The van der Waals surface area contributed by atoms with Gasteiger partial charge in [-0.1, -0.05) is 5.16 Å². The zero-order chi connectivity index (χ0) is 14.3. The van der Waals surface area contributed by atoms with Gasteiger partial charge in [0.1, 0.15) is 12.2 Å². The lowest BCUT2D eigenvalue weighted by Crippen LogP contribution is -2.30. The summed E-state index contributed by atoms with van der Waals surface area (Å²) in [6.45, 7) is 3.18. The molecule has 2 amide bonds. The normalized spacial score (nSPS) is 10.5. The van der Waals surface area contributed by atoms with Gasteiger partial charge in [-0.3, -0.25) is 9.59 Å². The predicted molar refractivity (Wildman–Crippen MR) is 70.7 cm³/mol. The number of nitrogens with zero attached hydrogens (tertiary/aromatic N) is 2. The van der Waals surface area contributed by atoms with Crippen molar-refractivity contribution in [2.24, 2.45) is 0 Å². The fourth-order valence-corrected chi connectivity index (χ4v) is 1.44. The van der Waals surface area contributed by atoms with Gasteiger partial charge in [0.25, 0.3) is 0 Å². The van der Waals surface area contributed by atoms with E-state index in [-0.39, 0.29) is 12.3 Å². The van der Waals surface area contributed by atoms with Crippen LogP contribution in [-0.2, 0) is 9.59 Å². The fraction of sp³-hybridized carbons (Fsp3) is 0.583. The van der Waals surface area contributed by atoms with Crippen molar-refractivity contribution in [1.29, 1.82) is 0 Å². The Bertz CT molecular complexity index is 428. The number of hydrogen-bond acceptors (Lipinski definition) is 5. The van der Waals surface area contributed by atoms with Crippen molar-refractivity contribution in [3.05, 3.63) is 11.8 Å². The molecule has 0 saturated carbocycles. The number of aryl methyl sites for hydroxylation is 1. The van der Waals surface area contributed by atoms with Crippen molar-refractivity contribution in [3.8, 4) is 0 Å². The van der Waals surface area contributed by atoms with Crippen LogP contribution in [0.3, 0.4) is 0 Å². The lowest BCUT2D eigenvalue weighted by atomic mass is 10.3. The van der Waals surface area contributed by atoms with Crippen LogP contribution in [0.5, 0.6) is 0 Å². The topological polar surface area (TPSA) is 87.5 Å². The molecule has 0 unspecified atom stereocenters. The van der Waals surface area contributed by atoms with E-state index in [0.717, 1.165) is 13.0 Å². The molecule has 0 aromatic carbocycles. The lowest BCUT2D eigenvalue weighted by molar-refractivity contribution is -0.126. The lowest BCUT2D eigenvalue weighted by Gasteiger charge is -2.09. The molecule has 1 heterocycles. The van der Waals surface area contributed by atoms with Gasteiger partial charge in [0.05, 0.1) is 0 Å². The Morgan fingerprint density at radius 2 is 2.11 bits per heavy atom. The fourth-order valence-electron chi connectivity index (χ4n) is 1.44. The number of anilines is 1. The summed E-state index contributed by atoms with van der Waals surface area (Å²) < 4.78 is 4.80. The van der Waals surface area contributed by atoms with Crippen LogP contribution >= 0.6 is 0 Å². The predicted octanol–water partition coefficient (Wildman–Crippen LogP) is 0.380. The van der Waals surface area contributed by atoms with Crippen LogP contribution in [0, 0.1) is 6.92 Å². The van der Waals surface area contributed by atoms with Crippen LogP contribution in [-0.4, -0.2) is 49.1 Å². The molecule has 0 bridgehead atoms. The first-order valence-corrected chi connectivity index (χ1v) is 6.12. The number of nitrogens with one attached hydrogen (secondary N) is 2. The number of hydrogen-bond donors (Lipinski definition) is 2. The van der Waals surface area contributed by atoms with E-state index in [0.29, 0.717) is 18.1 Å². The Kier molecular flexibility index (Phi) is 6.01. The van der Waals surface area contributed by atoms with Gasteiger partial charge in [-0.15, -0.1) is 0 Å². The molecular weight excluding hydrogens is 248 g/mol. The number of rotatable bonds is 7. The zero-order valence-corrected chi connectivity index (χ0v) is 11.5. The second-order valence-corrected chi connectivity index (χ2v) is 4.55. The largest absolute Gasteiger partial charge is 0.360 e. The summed E-state index contributed by atoms with van der Waals surface area (Å²) in [5, 5.41) is 8.79. The molecule has 1 aromatic rings. The molecule has 0 aliphatic rings. The molecule has 0 radical (unpaired) electrons. The Morgan fingerprint density at radius 1 is 1.37 bits per heavy atom. The first-order chi connectivity index (χ1) is 8.97. The molecule has 1 rings (SSSR count). The Morgan fingerprint density at radius 3 is 2.68 bits per heavy atom. The summed E-state index contributed by atoms with van der Waals surface area (Å²) in [7, 11) is 3.93. The molecule has 0 spiro atoms. The van der Waals surface area contributed by atoms with Crippen LogP contribution in [0.2, 0.25) is 0 Å². The van der Waals surface area contributed by atoms with E-state index in [9.17, 15) is 9.59 Å². The summed E-state index contributed by atoms with van der Waals surface area (Å²) in [5.41, 5.74) is 0. The number of carbonyl (C=O) groups excluding carboxylic acids is 2. The SMILES string of the molecule is Cc1cc(NC(=O)CC(=O)NCCCN(C)C)no1. The number of amides is 2. The van der Waals surface area contributed by atoms with Crippen molar-refractivity contribution in [2.45, 2.75) is 19.8 Å². The van der Waals surface area contributed by atoms with Crippen molar-refractivity contribution >= 4 is 17.6 Å². The molecule has 7 nitrogen and oxygen atoms in total. The monoisotopic (exact) mass is 268 g/mol. The van der Waals surface area contributed by atoms with Gasteiger partial charge in [-0.25, -0.2) is 0 Å². The molecule has 106 valence electrons. The minimum Gasteiger partial charge on any atom is -0.360 e. The third-order valence-corrected chi connectivity index (χ3v) is 2.32. The zero-order valence-electron chi connectivity index (χ0n) is 11.5. The third-order valence-electron chi connectivity index (χ3n) is 2.32. The van der Waals surface area contributed by atoms with Gasteiger partial charge in [0.2, 0.25) is 11.8 Å². The second kappa shape index (κ2) is 7.52. The summed E-state index contributed by atoms with van der Waals surface area (Å²) in [4.78, 5) is 25.0. The van der Waals surface area contributed by atoms with Gasteiger partial charge >= 0.3 is 0 Å². The van der Waals surface area contributed by atoms with Crippen LogP contribution < -0.4 is 10.6 Å². The average molecular weight is 268 g/mol. The van der Waals surface area contributed by atoms with E-state index in [1.165, 1.54) is 0 Å². The van der Waals surface area contributed by atoms with Crippen LogP contribution in [0.15, 0.2) is 10.6 Å². The Labute approximate surface area is 112 Å². The van der Waals surface area contributed by atoms with E-state index < -0.39 is 5.91 Å². The summed E-state index contributed by atoms with van der Waals surface area (Å²) in [6, 6.07) is 1.59. The van der Waals surface area contributed by atoms with E-state index in [4.69, 9.17) is 4.52 Å². The van der Waals surface area contributed by atoms with Crippen LogP contribution in [0.4, 0.5) is 5.82 Å².